The maximum atomic E-state index is 5.78. The van der Waals surface area contributed by atoms with Crippen molar-refractivity contribution in [1.29, 1.82) is 0 Å². The van der Waals surface area contributed by atoms with Crippen molar-refractivity contribution in [2.45, 2.75) is 51.2 Å². The van der Waals surface area contributed by atoms with Crippen molar-refractivity contribution in [3.63, 3.8) is 0 Å². The van der Waals surface area contributed by atoms with E-state index < -0.39 is 0 Å². The third kappa shape index (κ3) is 3.53. The summed E-state index contributed by atoms with van der Waals surface area (Å²) in [5, 5.41) is 3.59. The zero-order valence-corrected chi connectivity index (χ0v) is 12.9. The van der Waals surface area contributed by atoms with Crippen LogP contribution in [0.5, 0.6) is 5.75 Å². The van der Waals surface area contributed by atoms with Crippen LogP contribution in [-0.4, -0.2) is 25.9 Å². The summed E-state index contributed by atoms with van der Waals surface area (Å²) in [7, 11) is 1.85. The highest BCUT2D eigenvalue weighted by Crippen LogP contribution is 2.42. The van der Waals surface area contributed by atoms with E-state index in [0.717, 1.165) is 18.7 Å². The van der Waals surface area contributed by atoms with Crippen molar-refractivity contribution in [1.82, 2.24) is 5.32 Å². The third-order valence-corrected chi connectivity index (χ3v) is 4.30. The molecule has 0 spiro atoms. The lowest BCUT2D eigenvalue weighted by Crippen LogP contribution is -2.42. The van der Waals surface area contributed by atoms with Gasteiger partial charge >= 0.3 is 0 Å². The molecule has 112 valence electrons. The molecule has 0 radical (unpaired) electrons. The molecule has 20 heavy (non-hydrogen) atoms. The maximum Gasteiger partial charge on any atom is 0.119 e. The molecule has 1 atom stereocenters. The maximum absolute atomic E-state index is 5.78. The smallest absolute Gasteiger partial charge is 0.119 e. The summed E-state index contributed by atoms with van der Waals surface area (Å²) >= 11 is 0. The van der Waals surface area contributed by atoms with Crippen molar-refractivity contribution >= 4 is 0 Å². The van der Waals surface area contributed by atoms with Crippen LogP contribution in [0, 0.1) is 0 Å². The van der Waals surface area contributed by atoms with Crippen LogP contribution in [0.2, 0.25) is 0 Å². The summed E-state index contributed by atoms with van der Waals surface area (Å²) in [6.45, 7) is 5.84. The Morgan fingerprint density at radius 1 is 1.30 bits per heavy atom. The molecule has 1 saturated carbocycles. The minimum absolute atomic E-state index is 0.0778. The number of nitrogens with one attached hydrogen (secondary N) is 1. The highest BCUT2D eigenvalue weighted by molar-refractivity contribution is 5.31. The molecule has 1 fully saturated rings. The van der Waals surface area contributed by atoms with Crippen molar-refractivity contribution in [3.05, 3.63) is 29.8 Å². The van der Waals surface area contributed by atoms with Crippen LogP contribution in [0.1, 0.15) is 51.1 Å². The Bertz CT molecular complexity index is 410. The Hall–Kier alpha value is -1.06. The van der Waals surface area contributed by atoms with E-state index in [0.29, 0.717) is 12.6 Å². The van der Waals surface area contributed by atoms with Crippen molar-refractivity contribution in [2.24, 2.45) is 0 Å². The quantitative estimate of drug-likeness (QED) is 0.786. The Morgan fingerprint density at radius 2 is 2.10 bits per heavy atom. The zero-order valence-electron chi connectivity index (χ0n) is 12.9. The van der Waals surface area contributed by atoms with Gasteiger partial charge in [0.1, 0.15) is 5.75 Å². The number of hydrogen-bond donors (Lipinski definition) is 1. The molecule has 1 aliphatic carbocycles. The summed E-state index contributed by atoms with van der Waals surface area (Å²) in [6.07, 6.45) is 4.67. The summed E-state index contributed by atoms with van der Waals surface area (Å²) in [5.41, 5.74) is 1.37. The van der Waals surface area contributed by atoms with E-state index in [1.807, 2.05) is 20.1 Å². The molecule has 1 aromatic rings. The summed E-state index contributed by atoms with van der Waals surface area (Å²) in [5.74, 6) is 0.952. The molecule has 1 N–H and O–H groups in total. The van der Waals surface area contributed by atoms with Gasteiger partial charge in [-0.15, -0.1) is 0 Å². The van der Waals surface area contributed by atoms with Crippen LogP contribution in [0.3, 0.4) is 0 Å². The topological polar surface area (TPSA) is 30.5 Å². The van der Waals surface area contributed by atoms with Gasteiger partial charge in [-0.2, -0.15) is 0 Å². The fraction of sp³-hybridized carbons (Fsp3) is 0.647. The van der Waals surface area contributed by atoms with Crippen LogP contribution >= 0.6 is 0 Å². The van der Waals surface area contributed by atoms with Crippen LogP contribution in [0.25, 0.3) is 0 Å². The zero-order chi connectivity index (χ0) is 14.4. The summed E-state index contributed by atoms with van der Waals surface area (Å²) in [4.78, 5) is 0. The molecule has 0 aliphatic heterocycles. The van der Waals surface area contributed by atoms with Gasteiger partial charge < -0.3 is 14.8 Å². The predicted octanol–water partition coefficient (Wildman–Crippen LogP) is 3.70. The molecule has 1 aromatic carbocycles. The Morgan fingerprint density at radius 3 is 2.65 bits per heavy atom. The van der Waals surface area contributed by atoms with Crippen LogP contribution in [0.4, 0.5) is 0 Å². The average Bonchev–Trinajstić information content (AvgIpc) is 2.42. The van der Waals surface area contributed by atoms with Crippen molar-refractivity contribution in [2.75, 3.05) is 20.3 Å². The number of hydrogen-bond acceptors (Lipinski definition) is 3. The molecule has 0 bridgehead atoms. The van der Waals surface area contributed by atoms with E-state index in [1.165, 1.54) is 24.8 Å². The number of ether oxygens (including phenoxy) is 2. The summed E-state index contributed by atoms with van der Waals surface area (Å²) < 4.78 is 11.4. The van der Waals surface area contributed by atoms with Crippen LogP contribution < -0.4 is 10.1 Å². The fourth-order valence-electron chi connectivity index (χ4n) is 2.98. The van der Waals surface area contributed by atoms with Gasteiger partial charge in [-0.05, 0) is 56.8 Å². The lowest BCUT2D eigenvalue weighted by atomic mass is 9.74. The fourth-order valence-corrected chi connectivity index (χ4v) is 2.98. The first-order valence-corrected chi connectivity index (χ1v) is 7.74. The molecular weight excluding hydrogens is 250 g/mol. The van der Waals surface area contributed by atoms with E-state index in [2.05, 4.69) is 30.4 Å². The van der Waals surface area contributed by atoms with Gasteiger partial charge in [0.05, 0.1) is 12.2 Å². The lowest BCUT2D eigenvalue weighted by Gasteiger charge is -2.43. The van der Waals surface area contributed by atoms with E-state index in [1.54, 1.807) is 0 Å². The molecule has 0 saturated heterocycles. The van der Waals surface area contributed by atoms with Crippen LogP contribution in [-0.2, 0) is 4.74 Å². The predicted molar refractivity (Wildman–Crippen MR) is 82.2 cm³/mol. The summed E-state index contributed by atoms with van der Waals surface area (Å²) in [6, 6.07) is 8.76. The van der Waals surface area contributed by atoms with Crippen molar-refractivity contribution < 1.29 is 9.47 Å². The van der Waals surface area contributed by atoms with Crippen molar-refractivity contribution in [3.8, 4) is 5.75 Å². The Labute approximate surface area is 122 Å². The van der Waals surface area contributed by atoms with E-state index in [9.17, 15) is 0 Å². The standard InChI is InChI=1S/C17H27NO2/c1-4-18-16(13-17(19-3)10-7-11-17)14-8-6-9-15(12-14)20-5-2/h6,8-9,12,16,18H,4-5,7,10-11,13H2,1-3H3. The molecule has 0 aromatic heterocycles. The molecule has 1 unspecified atom stereocenters. The van der Waals surface area contributed by atoms with Gasteiger partial charge in [0, 0.05) is 13.2 Å². The first-order valence-electron chi connectivity index (χ1n) is 7.74. The second-order valence-electron chi connectivity index (χ2n) is 5.56. The number of rotatable bonds is 8. The Kier molecular flexibility index (Phi) is 5.44. The largest absolute Gasteiger partial charge is 0.494 e. The van der Waals surface area contributed by atoms with E-state index in [4.69, 9.17) is 9.47 Å². The van der Waals surface area contributed by atoms with Crippen LogP contribution in [0.15, 0.2) is 24.3 Å². The highest BCUT2D eigenvalue weighted by Gasteiger charge is 2.39. The minimum atomic E-state index is 0.0778. The van der Waals surface area contributed by atoms with Gasteiger partial charge in [-0.3, -0.25) is 0 Å². The number of benzene rings is 1. The first-order chi connectivity index (χ1) is 9.73. The SMILES string of the molecule is CCNC(CC1(OC)CCC1)c1cccc(OCC)c1. The normalized spacial score (nSPS) is 18.4. The molecule has 0 amide bonds. The minimum Gasteiger partial charge on any atom is -0.494 e. The first kappa shape index (κ1) is 15.3. The van der Waals surface area contributed by atoms with E-state index in [-0.39, 0.29) is 5.60 Å². The Balaban J connectivity index is 2.12. The molecule has 1 aliphatic rings. The molecular formula is C17H27NO2. The molecule has 2 rings (SSSR count). The van der Waals surface area contributed by atoms with Gasteiger partial charge in [-0.1, -0.05) is 19.1 Å². The van der Waals surface area contributed by atoms with Gasteiger partial charge in [0.2, 0.25) is 0 Å². The second kappa shape index (κ2) is 7.09. The third-order valence-electron chi connectivity index (χ3n) is 4.30. The molecule has 3 nitrogen and oxygen atoms in total. The molecule has 0 heterocycles. The average molecular weight is 277 g/mol. The van der Waals surface area contributed by atoms with E-state index >= 15 is 0 Å². The highest BCUT2D eigenvalue weighted by atomic mass is 16.5. The monoisotopic (exact) mass is 277 g/mol. The van der Waals surface area contributed by atoms with Gasteiger partial charge in [-0.25, -0.2) is 0 Å². The number of methoxy groups -OCH3 is 1. The second-order valence-corrected chi connectivity index (χ2v) is 5.56. The van der Waals surface area contributed by atoms with Gasteiger partial charge in [0.15, 0.2) is 0 Å². The lowest BCUT2D eigenvalue weighted by molar-refractivity contribution is -0.0837. The van der Waals surface area contributed by atoms with Gasteiger partial charge in [0.25, 0.3) is 0 Å². The molecule has 3 heteroatoms.